The molecule has 3 atom stereocenters. The molecule has 26 heavy (non-hydrogen) atoms. The molecule has 0 saturated heterocycles. The van der Waals surface area contributed by atoms with Crippen LogP contribution in [0.5, 0.6) is 0 Å². The third-order valence-electron chi connectivity index (χ3n) is 6.09. The van der Waals surface area contributed by atoms with Gasteiger partial charge in [0.15, 0.2) is 0 Å². The first-order valence-electron chi connectivity index (χ1n) is 11.3. The Balaban J connectivity index is 4.08. The number of rotatable bonds is 17. The van der Waals surface area contributed by atoms with Crippen molar-refractivity contribution >= 4 is 0 Å². The molecule has 2 nitrogen and oxygen atoms in total. The first-order chi connectivity index (χ1) is 12.6. The summed E-state index contributed by atoms with van der Waals surface area (Å²) in [6, 6.07) is 0.326. The third-order valence-corrected chi connectivity index (χ3v) is 6.09. The van der Waals surface area contributed by atoms with Gasteiger partial charge in [-0.15, -0.1) is 0 Å². The lowest BCUT2D eigenvalue weighted by atomic mass is 9.77. The van der Waals surface area contributed by atoms with Crippen molar-refractivity contribution in [2.45, 2.75) is 111 Å². The lowest BCUT2D eigenvalue weighted by molar-refractivity contribution is 0.256. The molecule has 4 N–H and O–H groups in total. The monoisotopic (exact) mass is 364 g/mol. The Labute approximate surface area is 164 Å². The minimum absolute atomic E-state index is 0.322. The third kappa shape index (κ3) is 11.2. The molecule has 0 aromatic heterocycles. The van der Waals surface area contributed by atoms with Crippen LogP contribution in [-0.2, 0) is 0 Å². The normalized spacial score (nSPS) is 17.0. The highest BCUT2D eigenvalue weighted by molar-refractivity contribution is 4.94. The fraction of sp³-hybridized carbons (Fsp3) is 0.833. The van der Waals surface area contributed by atoms with Crippen LogP contribution < -0.4 is 11.5 Å². The van der Waals surface area contributed by atoms with Gasteiger partial charge in [0.1, 0.15) is 0 Å². The summed E-state index contributed by atoms with van der Waals surface area (Å²) in [5.41, 5.74) is 12.8. The first-order valence-corrected chi connectivity index (χ1v) is 11.3. The van der Waals surface area contributed by atoms with E-state index in [4.69, 9.17) is 11.5 Å². The number of allylic oxidation sites excluding steroid dienone is 3. The Morgan fingerprint density at radius 3 is 2.08 bits per heavy atom. The number of unbranched alkanes of at least 4 members (excludes halogenated alkanes) is 3. The van der Waals surface area contributed by atoms with E-state index in [0.29, 0.717) is 17.4 Å². The summed E-state index contributed by atoms with van der Waals surface area (Å²) >= 11 is 0. The molecule has 0 aliphatic heterocycles. The molecule has 0 spiro atoms. The first kappa shape index (κ1) is 25.4. The highest BCUT2D eigenvalue weighted by Gasteiger charge is 2.23. The lowest BCUT2D eigenvalue weighted by Gasteiger charge is -2.30. The van der Waals surface area contributed by atoms with Crippen molar-refractivity contribution in [1.82, 2.24) is 0 Å². The van der Waals surface area contributed by atoms with Gasteiger partial charge in [0, 0.05) is 6.04 Å². The van der Waals surface area contributed by atoms with Crippen LogP contribution >= 0.6 is 0 Å². The van der Waals surface area contributed by atoms with Crippen molar-refractivity contribution in [2.75, 3.05) is 6.54 Å². The van der Waals surface area contributed by atoms with Gasteiger partial charge >= 0.3 is 0 Å². The Bertz CT molecular complexity index is 355. The van der Waals surface area contributed by atoms with Crippen LogP contribution in [0, 0.1) is 11.3 Å². The predicted octanol–water partition coefficient (Wildman–Crippen LogP) is 6.75. The molecule has 0 saturated carbocycles. The molecule has 0 aromatic rings. The number of hydrogen-bond acceptors (Lipinski definition) is 2. The Morgan fingerprint density at radius 1 is 0.885 bits per heavy atom. The average molecular weight is 365 g/mol. The molecule has 2 heteroatoms. The van der Waals surface area contributed by atoms with Gasteiger partial charge in [-0.3, -0.25) is 0 Å². The van der Waals surface area contributed by atoms with Crippen molar-refractivity contribution in [1.29, 1.82) is 0 Å². The number of hydrogen-bond donors (Lipinski definition) is 2. The molecule has 0 fully saturated rings. The van der Waals surface area contributed by atoms with Crippen LogP contribution in [0.2, 0.25) is 0 Å². The van der Waals surface area contributed by atoms with Crippen LogP contribution in [0.25, 0.3) is 0 Å². The molecule has 0 aromatic carbocycles. The summed E-state index contributed by atoms with van der Waals surface area (Å²) < 4.78 is 0. The minimum atomic E-state index is 0.322. The molecule has 0 bridgehead atoms. The number of nitrogens with two attached hydrogens (primary N) is 2. The van der Waals surface area contributed by atoms with Gasteiger partial charge < -0.3 is 11.5 Å². The molecule has 0 rings (SSSR count). The van der Waals surface area contributed by atoms with E-state index in [9.17, 15) is 0 Å². The van der Waals surface area contributed by atoms with E-state index in [1.54, 1.807) is 0 Å². The molecule has 0 amide bonds. The summed E-state index contributed by atoms with van der Waals surface area (Å²) in [6.45, 7) is 9.88. The van der Waals surface area contributed by atoms with Gasteiger partial charge in [0.25, 0.3) is 0 Å². The van der Waals surface area contributed by atoms with E-state index in [-0.39, 0.29) is 0 Å². The van der Waals surface area contributed by atoms with Gasteiger partial charge in [0.2, 0.25) is 0 Å². The van der Waals surface area contributed by atoms with Crippen molar-refractivity contribution in [3.8, 4) is 0 Å². The summed E-state index contributed by atoms with van der Waals surface area (Å²) in [5, 5.41) is 0. The smallest absolute Gasteiger partial charge is 0.0102 e. The van der Waals surface area contributed by atoms with Gasteiger partial charge in [-0.2, -0.15) is 0 Å². The van der Waals surface area contributed by atoms with Crippen LogP contribution in [-0.4, -0.2) is 12.6 Å². The molecule has 154 valence electrons. The topological polar surface area (TPSA) is 52.0 Å². The van der Waals surface area contributed by atoms with E-state index in [0.717, 1.165) is 32.2 Å². The van der Waals surface area contributed by atoms with Gasteiger partial charge in [0.05, 0.1) is 0 Å². The van der Waals surface area contributed by atoms with Gasteiger partial charge in [-0.05, 0) is 62.8 Å². The second-order valence-electron chi connectivity index (χ2n) is 8.10. The van der Waals surface area contributed by atoms with Gasteiger partial charge in [-0.1, -0.05) is 84.1 Å². The Kier molecular flexibility index (Phi) is 16.2. The molecule has 3 unspecified atom stereocenters. The summed E-state index contributed by atoms with van der Waals surface area (Å²) in [4.78, 5) is 0. The van der Waals surface area contributed by atoms with E-state index < -0.39 is 0 Å². The molecule has 0 aliphatic rings. The molecular weight excluding hydrogens is 316 g/mol. The minimum Gasteiger partial charge on any atom is -0.330 e. The maximum atomic E-state index is 6.37. The molecule has 0 heterocycles. The van der Waals surface area contributed by atoms with E-state index in [1.807, 2.05) is 0 Å². The molecule has 0 radical (unpaired) electrons. The fourth-order valence-corrected chi connectivity index (χ4v) is 3.70. The average Bonchev–Trinajstić information content (AvgIpc) is 2.67. The zero-order valence-corrected chi connectivity index (χ0v) is 18.3. The fourth-order valence-electron chi connectivity index (χ4n) is 3.70. The summed E-state index contributed by atoms with van der Waals surface area (Å²) in [6.07, 6.45) is 23.8. The van der Waals surface area contributed by atoms with Crippen molar-refractivity contribution in [3.05, 3.63) is 24.3 Å². The Morgan fingerprint density at radius 2 is 1.54 bits per heavy atom. The van der Waals surface area contributed by atoms with Crippen LogP contribution in [0.3, 0.4) is 0 Å². The standard InChI is InChI=1S/C24H48N2/c1-5-9-17-22(7-3)23(26)18-15-13-11-12-14-16-20-24(8-4,21-25)19-10-6-2/h13-16,22-23H,5-12,17-21,25-26H2,1-4H3. The predicted molar refractivity (Wildman–Crippen MR) is 119 cm³/mol. The second-order valence-corrected chi connectivity index (χ2v) is 8.10. The second kappa shape index (κ2) is 16.6. The maximum Gasteiger partial charge on any atom is 0.0102 e. The van der Waals surface area contributed by atoms with Crippen molar-refractivity contribution < 1.29 is 0 Å². The van der Waals surface area contributed by atoms with Gasteiger partial charge in [-0.25, -0.2) is 0 Å². The zero-order valence-electron chi connectivity index (χ0n) is 18.3. The maximum absolute atomic E-state index is 6.37. The largest absolute Gasteiger partial charge is 0.330 e. The van der Waals surface area contributed by atoms with Crippen LogP contribution in [0.15, 0.2) is 24.3 Å². The SMILES string of the molecule is CCCCC(CC)C(N)CC=CCCC=CCC(CC)(CN)CCCC. The highest BCUT2D eigenvalue weighted by atomic mass is 14.6. The highest BCUT2D eigenvalue weighted by Crippen LogP contribution is 2.32. The summed E-state index contributed by atoms with van der Waals surface area (Å²) in [7, 11) is 0. The lowest BCUT2D eigenvalue weighted by Crippen LogP contribution is -2.29. The van der Waals surface area contributed by atoms with Crippen molar-refractivity contribution in [3.63, 3.8) is 0 Å². The van der Waals surface area contributed by atoms with E-state index in [2.05, 4.69) is 52.0 Å². The Hall–Kier alpha value is -0.600. The van der Waals surface area contributed by atoms with Crippen LogP contribution in [0.1, 0.15) is 105 Å². The van der Waals surface area contributed by atoms with E-state index >= 15 is 0 Å². The molecular formula is C24H48N2. The van der Waals surface area contributed by atoms with Crippen molar-refractivity contribution in [2.24, 2.45) is 22.8 Å². The van der Waals surface area contributed by atoms with E-state index in [1.165, 1.54) is 51.4 Å². The molecule has 0 aliphatic carbocycles. The van der Waals surface area contributed by atoms with Crippen LogP contribution in [0.4, 0.5) is 0 Å². The summed E-state index contributed by atoms with van der Waals surface area (Å²) in [5.74, 6) is 0.682. The zero-order chi connectivity index (χ0) is 19.7. The quantitative estimate of drug-likeness (QED) is 0.221.